The summed E-state index contributed by atoms with van der Waals surface area (Å²) in [6.45, 7) is 0. The van der Waals surface area contributed by atoms with Crippen molar-refractivity contribution in [2.24, 2.45) is 0 Å². The molecule has 0 aliphatic heterocycles. The molecule has 0 saturated carbocycles. The van der Waals surface area contributed by atoms with Gasteiger partial charge in [-0.05, 0) is 0 Å². The van der Waals surface area contributed by atoms with Crippen molar-refractivity contribution in [1.82, 2.24) is 0 Å². The van der Waals surface area contributed by atoms with E-state index in [0.717, 1.165) is 0 Å². The van der Waals surface area contributed by atoms with Crippen molar-refractivity contribution in [3.05, 3.63) is 0 Å². The van der Waals surface area contributed by atoms with E-state index in [-0.39, 0.29) is 134 Å². The molecule has 0 bridgehead atoms. The van der Waals surface area contributed by atoms with Gasteiger partial charge in [0.1, 0.15) is 0 Å². The molecule has 13 heteroatoms. The summed E-state index contributed by atoms with van der Waals surface area (Å²) in [6, 6.07) is 0. The second kappa shape index (κ2) is 481. The maximum Gasteiger partial charge on any atom is 3.00 e. The van der Waals surface area contributed by atoms with Crippen LogP contribution in [0.15, 0.2) is 0 Å². The molecule has 72 valence electrons. The molecule has 0 saturated heterocycles. The van der Waals surface area contributed by atoms with Gasteiger partial charge in [0, 0.05) is 0 Å². The molecule has 0 aromatic heterocycles. The molecule has 0 aliphatic carbocycles. The second-order valence-electron chi connectivity index (χ2n) is 0. The van der Waals surface area contributed by atoms with Crippen LogP contribution in [0, 0.1) is 0 Å². The van der Waals surface area contributed by atoms with E-state index in [2.05, 4.69) is 0 Å². The van der Waals surface area contributed by atoms with Gasteiger partial charge in [0.2, 0.25) is 0 Å². The zero-order valence-electron chi connectivity index (χ0n) is 6.26. The first-order valence-corrected chi connectivity index (χ1v) is 0. The van der Waals surface area contributed by atoms with Crippen molar-refractivity contribution in [3.63, 3.8) is 0 Å². The first-order valence-electron chi connectivity index (χ1n) is 0. The Bertz CT molecular complexity index is 17.6. The summed E-state index contributed by atoms with van der Waals surface area (Å²) in [6.07, 6.45) is 0. The largest absolute Gasteiger partial charge is 3.00 e. The van der Waals surface area contributed by atoms with Gasteiger partial charge in [-0.1, -0.05) is 0 Å². The van der Waals surface area contributed by atoms with Crippen LogP contribution in [0.5, 0.6) is 0 Å². The van der Waals surface area contributed by atoms with Gasteiger partial charge in [-0.2, -0.15) is 0 Å². The van der Waals surface area contributed by atoms with Crippen LogP contribution in [-0.4, -0.2) is 72.5 Å². The summed E-state index contributed by atoms with van der Waals surface area (Å²) in [5.41, 5.74) is 0. The molecule has 0 unspecified atom stereocenters. The minimum Gasteiger partial charge on any atom is -1.00 e. The average Bonchev–Trinajstić information content (AvgIpc) is 0. The standard InChI is InChI=1S/2Al.Ca.9FH.Li/h;;;9*1H;/q2*+3;+2;;;;;;;;;;+1/p-9. The van der Waals surface area contributed by atoms with Crippen LogP contribution in [0.1, 0.15) is 0 Å². The number of halogens is 9. The van der Waals surface area contributed by atoms with Gasteiger partial charge in [-0.15, -0.1) is 0 Å². The Labute approximate surface area is 132 Å². The van der Waals surface area contributed by atoms with E-state index >= 15 is 0 Å². The third-order valence-electron chi connectivity index (χ3n) is 0. The van der Waals surface area contributed by atoms with Gasteiger partial charge < -0.3 is 42.3 Å². The quantitative estimate of drug-likeness (QED) is 0.303. The Morgan fingerprint density at radius 3 is 0.308 bits per heavy atom. The zero-order chi connectivity index (χ0) is 0. The van der Waals surface area contributed by atoms with E-state index < -0.39 is 0 Å². The molecule has 0 heterocycles. The Balaban J connectivity index is 0. The molecule has 0 aromatic carbocycles. The monoisotopic (exact) mass is 272 g/mol. The van der Waals surface area contributed by atoms with Crippen LogP contribution in [0.2, 0.25) is 0 Å². The maximum absolute atomic E-state index is 0. The van der Waals surface area contributed by atoms with Gasteiger partial charge in [-0.25, -0.2) is 0 Å². The fraction of sp³-hybridized carbons (Fsp3) is 0. The molecular weight excluding hydrogens is 272 g/mol. The van der Waals surface area contributed by atoms with Crippen LogP contribution in [0.25, 0.3) is 0 Å². The Morgan fingerprint density at radius 1 is 0.308 bits per heavy atom. The minimum atomic E-state index is 0. The molecule has 0 aliphatic rings. The first kappa shape index (κ1) is 595. The SMILES string of the molecule is [Al+3].[Al+3].[Ca+2].[F-].[F-].[F-].[F-].[F-].[F-].[F-].[F-].[F-].[Li+]. The van der Waals surface area contributed by atoms with Crippen molar-refractivity contribution < 1.29 is 61.2 Å². The van der Waals surface area contributed by atoms with Crippen LogP contribution in [0.4, 0.5) is 0 Å². The predicted octanol–water partition coefficient (Wildman–Crippen LogP) is -31.1. The number of hydrogen-bond acceptors (Lipinski definition) is 0. The smallest absolute Gasteiger partial charge is 1.00 e. The van der Waals surface area contributed by atoms with E-state index in [9.17, 15) is 0 Å². The van der Waals surface area contributed by atoms with Crippen LogP contribution >= 0.6 is 0 Å². The summed E-state index contributed by atoms with van der Waals surface area (Å²) in [5, 5.41) is 0. The zero-order valence-corrected chi connectivity index (χ0v) is 10.8. The maximum atomic E-state index is 0. The minimum absolute atomic E-state index is 0. The van der Waals surface area contributed by atoms with Crippen LogP contribution in [0.3, 0.4) is 0 Å². The van der Waals surface area contributed by atoms with E-state index in [1.54, 1.807) is 0 Å². The summed E-state index contributed by atoms with van der Waals surface area (Å²) >= 11 is 0. The van der Waals surface area contributed by atoms with Gasteiger partial charge >= 0.3 is 91.3 Å². The molecule has 13 heavy (non-hydrogen) atoms. The Kier molecular flexibility index (Phi) is 22000. The molecule has 0 aromatic rings. The third-order valence-corrected chi connectivity index (χ3v) is 0. The molecule has 0 N–H and O–H groups in total. The van der Waals surface area contributed by atoms with Crippen molar-refractivity contribution in [3.8, 4) is 0 Å². The van der Waals surface area contributed by atoms with Crippen molar-refractivity contribution >= 4 is 72.5 Å². The average molecular weight is 272 g/mol. The molecule has 0 rings (SSSR count). The van der Waals surface area contributed by atoms with Gasteiger partial charge in [0.25, 0.3) is 0 Å². The van der Waals surface area contributed by atoms with E-state index in [4.69, 9.17) is 0 Å². The summed E-state index contributed by atoms with van der Waals surface area (Å²) < 4.78 is 0. The molecule has 0 atom stereocenters. The predicted molar refractivity (Wildman–Crippen MR) is 17.3 cm³/mol. The van der Waals surface area contributed by atoms with Gasteiger partial charge in [0.05, 0.1) is 0 Å². The topological polar surface area (TPSA) is 0 Å². The number of hydrogen-bond donors (Lipinski definition) is 0. The molecule has 0 amide bonds. The van der Waals surface area contributed by atoms with Gasteiger partial charge in [-0.3, -0.25) is 0 Å². The van der Waals surface area contributed by atoms with Gasteiger partial charge in [0.15, 0.2) is 0 Å². The second-order valence-corrected chi connectivity index (χ2v) is 0. The van der Waals surface area contributed by atoms with Crippen molar-refractivity contribution in [2.75, 3.05) is 0 Å². The fourth-order valence-electron chi connectivity index (χ4n) is 0. The Hall–Kier alpha value is 2.29. The molecule has 0 spiro atoms. The van der Waals surface area contributed by atoms with Crippen LogP contribution < -0.4 is 61.2 Å². The van der Waals surface area contributed by atoms with Crippen molar-refractivity contribution in [1.29, 1.82) is 0 Å². The van der Waals surface area contributed by atoms with Crippen LogP contribution in [-0.2, 0) is 0 Å². The van der Waals surface area contributed by atoms with Crippen molar-refractivity contribution in [2.45, 2.75) is 0 Å². The Morgan fingerprint density at radius 2 is 0.308 bits per heavy atom. The van der Waals surface area contributed by atoms with E-state index in [1.165, 1.54) is 0 Å². The van der Waals surface area contributed by atoms with E-state index in [0.29, 0.717) is 0 Å². The normalized spacial score (nSPS) is 0. The summed E-state index contributed by atoms with van der Waals surface area (Å²) in [7, 11) is 0. The summed E-state index contributed by atoms with van der Waals surface area (Å²) in [5.74, 6) is 0. The molecule has 0 nitrogen and oxygen atoms in total. The molecule has 0 fully saturated rings. The number of rotatable bonds is 0. The summed E-state index contributed by atoms with van der Waals surface area (Å²) in [4.78, 5) is 0. The third kappa shape index (κ3) is 411. The molecule has 0 radical (unpaired) electrons. The first-order chi connectivity index (χ1) is 0. The van der Waals surface area contributed by atoms with E-state index in [1.807, 2.05) is 0 Å². The fourth-order valence-corrected chi connectivity index (χ4v) is 0. The molecular formula is Al2CaF9Li.